The number of nitrogens with one attached hydrogen (secondary N) is 1. The summed E-state index contributed by atoms with van der Waals surface area (Å²) in [5.41, 5.74) is 3.40. The summed E-state index contributed by atoms with van der Waals surface area (Å²) in [7, 11) is 0. The van der Waals surface area contributed by atoms with Gasteiger partial charge in [-0.15, -0.1) is 0 Å². The average Bonchev–Trinajstić information content (AvgIpc) is 2.69. The van der Waals surface area contributed by atoms with E-state index in [1.54, 1.807) is 29.2 Å². The molecule has 146 valence electrons. The van der Waals surface area contributed by atoms with E-state index in [0.29, 0.717) is 19.5 Å². The van der Waals surface area contributed by atoms with Crippen LogP contribution in [0.3, 0.4) is 0 Å². The van der Waals surface area contributed by atoms with E-state index >= 15 is 0 Å². The van der Waals surface area contributed by atoms with Crippen LogP contribution in [0.15, 0.2) is 48.5 Å². The van der Waals surface area contributed by atoms with E-state index in [-0.39, 0.29) is 17.6 Å². The first kappa shape index (κ1) is 18.5. The minimum Gasteiger partial charge on any atom is -0.508 e. The predicted octanol–water partition coefficient (Wildman–Crippen LogP) is 1.45. The molecule has 6 nitrogen and oxygen atoms in total. The number of rotatable bonds is 4. The second kappa shape index (κ2) is 7.64. The van der Waals surface area contributed by atoms with Gasteiger partial charge in [-0.05, 0) is 35.7 Å². The molecule has 2 aromatic carbocycles. The van der Waals surface area contributed by atoms with Crippen molar-refractivity contribution in [1.82, 2.24) is 15.1 Å². The molecule has 0 radical (unpaired) electrons. The van der Waals surface area contributed by atoms with Crippen LogP contribution in [0.25, 0.3) is 0 Å². The van der Waals surface area contributed by atoms with E-state index in [2.05, 4.69) is 29.3 Å². The lowest BCUT2D eigenvalue weighted by Crippen LogP contribution is -2.69. The Morgan fingerprint density at radius 3 is 2.57 bits per heavy atom. The van der Waals surface area contributed by atoms with E-state index in [1.165, 1.54) is 11.1 Å². The zero-order valence-corrected chi connectivity index (χ0v) is 16.0. The molecule has 2 saturated heterocycles. The maximum atomic E-state index is 12.9. The van der Waals surface area contributed by atoms with Gasteiger partial charge in [-0.3, -0.25) is 14.5 Å². The van der Waals surface area contributed by atoms with Crippen molar-refractivity contribution in [3.8, 4) is 5.75 Å². The summed E-state index contributed by atoms with van der Waals surface area (Å²) in [6.45, 7) is 4.76. The van der Waals surface area contributed by atoms with Crippen LogP contribution in [-0.2, 0) is 22.6 Å². The Kier molecular flexibility index (Phi) is 5.05. The quantitative estimate of drug-likeness (QED) is 0.844. The van der Waals surface area contributed by atoms with Crippen molar-refractivity contribution in [3.05, 3.63) is 65.2 Å². The highest BCUT2D eigenvalue weighted by Crippen LogP contribution is 2.21. The number of piperazine rings is 2. The topological polar surface area (TPSA) is 72.9 Å². The zero-order valence-electron chi connectivity index (χ0n) is 16.0. The maximum Gasteiger partial charge on any atom is 0.246 e. The normalized spacial score (nSPS) is 22.7. The summed E-state index contributed by atoms with van der Waals surface area (Å²) in [6, 6.07) is 14.0. The summed E-state index contributed by atoms with van der Waals surface area (Å²) < 4.78 is 0. The smallest absolute Gasteiger partial charge is 0.246 e. The van der Waals surface area contributed by atoms with Gasteiger partial charge in [0.05, 0.1) is 0 Å². The Balaban J connectivity index is 1.42. The third-order valence-electron chi connectivity index (χ3n) is 5.70. The molecule has 2 amide bonds. The number of phenols is 1. The predicted molar refractivity (Wildman–Crippen MR) is 106 cm³/mol. The fourth-order valence-corrected chi connectivity index (χ4v) is 4.04. The standard InChI is InChI=1S/C22H25N3O3/c1-15-4-2-3-5-17(15)13-24-10-11-25-20(14-24)21(27)23-19(22(25)28)12-16-6-8-18(26)9-7-16/h2-9,19-20,26H,10-14H2,1H3,(H,23,27)/t19-,20+/m0/s1. The highest BCUT2D eigenvalue weighted by molar-refractivity contribution is 5.97. The molecular formula is C22H25N3O3. The second-order valence-corrected chi connectivity index (χ2v) is 7.64. The lowest BCUT2D eigenvalue weighted by molar-refractivity contribution is -0.153. The van der Waals surface area contributed by atoms with E-state index in [9.17, 15) is 14.7 Å². The van der Waals surface area contributed by atoms with Crippen LogP contribution < -0.4 is 5.32 Å². The molecule has 2 aromatic rings. The molecule has 2 aliphatic rings. The fraction of sp³-hybridized carbons (Fsp3) is 0.364. The Hall–Kier alpha value is -2.86. The first-order valence-corrected chi connectivity index (χ1v) is 9.67. The van der Waals surface area contributed by atoms with Crippen LogP contribution >= 0.6 is 0 Å². The third kappa shape index (κ3) is 3.73. The third-order valence-corrected chi connectivity index (χ3v) is 5.70. The van der Waals surface area contributed by atoms with E-state index in [0.717, 1.165) is 18.7 Å². The summed E-state index contributed by atoms with van der Waals surface area (Å²) in [5.74, 6) is 0.0821. The van der Waals surface area contributed by atoms with Gasteiger partial charge in [0.15, 0.2) is 0 Å². The summed E-state index contributed by atoms with van der Waals surface area (Å²) in [4.78, 5) is 29.6. The van der Waals surface area contributed by atoms with Gasteiger partial charge in [-0.2, -0.15) is 0 Å². The van der Waals surface area contributed by atoms with Crippen LogP contribution in [0.2, 0.25) is 0 Å². The summed E-state index contributed by atoms with van der Waals surface area (Å²) >= 11 is 0. The van der Waals surface area contributed by atoms with Gasteiger partial charge in [0.25, 0.3) is 0 Å². The number of amides is 2. The molecule has 0 spiro atoms. The maximum absolute atomic E-state index is 12.9. The van der Waals surface area contributed by atoms with Crippen LogP contribution in [0.1, 0.15) is 16.7 Å². The molecule has 0 unspecified atom stereocenters. The van der Waals surface area contributed by atoms with Gasteiger partial charge in [0.2, 0.25) is 11.8 Å². The Morgan fingerprint density at radius 2 is 1.82 bits per heavy atom. The molecule has 0 aromatic heterocycles. The van der Waals surface area contributed by atoms with E-state index < -0.39 is 12.1 Å². The van der Waals surface area contributed by atoms with Crippen molar-refractivity contribution >= 4 is 11.8 Å². The number of benzene rings is 2. The number of nitrogens with zero attached hydrogens (tertiary/aromatic N) is 2. The number of hydrogen-bond donors (Lipinski definition) is 2. The van der Waals surface area contributed by atoms with Crippen molar-refractivity contribution in [1.29, 1.82) is 0 Å². The van der Waals surface area contributed by atoms with Crippen LogP contribution in [0, 0.1) is 6.92 Å². The lowest BCUT2D eigenvalue weighted by Gasteiger charge is -2.45. The van der Waals surface area contributed by atoms with Gasteiger partial charge >= 0.3 is 0 Å². The number of fused-ring (bicyclic) bond motifs is 1. The van der Waals surface area contributed by atoms with Gasteiger partial charge < -0.3 is 15.3 Å². The average molecular weight is 379 g/mol. The second-order valence-electron chi connectivity index (χ2n) is 7.64. The molecule has 4 rings (SSSR count). The molecule has 2 aliphatic heterocycles. The van der Waals surface area contributed by atoms with Gasteiger partial charge in [-0.25, -0.2) is 0 Å². The summed E-state index contributed by atoms with van der Waals surface area (Å²) in [6.07, 6.45) is 0.432. The number of aryl methyl sites for hydroxylation is 1. The van der Waals surface area contributed by atoms with E-state index in [4.69, 9.17) is 0 Å². The largest absolute Gasteiger partial charge is 0.508 e. The molecule has 0 saturated carbocycles. The number of aromatic hydroxyl groups is 1. The van der Waals surface area contributed by atoms with Crippen molar-refractivity contribution in [2.24, 2.45) is 0 Å². The Labute approximate surface area is 164 Å². The minimum atomic E-state index is -0.545. The molecule has 2 heterocycles. The Bertz CT molecular complexity index is 881. The van der Waals surface area contributed by atoms with Crippen LogP contribution in [-0.4, -0.2) is 58.4 Å². The van der Waals surface area contributed by atoms with Crippen molar-refractivity contribution < 1.29 is 14.7 Å². The highest BCUT2D eigenvalue weighted by atomic mass is 16.3. The van der Waals surface area contributed by atoms with Crippen LogP contribution in [0.4, 0.5) is 0 Å². The number of carbonyl (C=O) groups excluding carboxylic acids is 2. The van der Waals surface area contributed by atoms with Gasteiger partial charge in [0.1, 0.15) is 17.8 Å². The SMILES string of the molecule is Cc1ccccc1CN1CCN2C(=O)[C@H](Cc3ccc(O)cc3)NC(=O)[C@H]2C1. The Morgan fingerprint density at radius 1 is 1.07 bits per heavy atom. The fourth-order valence-electron chi connectivity index (χ4n) is 4.04. The van der Waals surface area contributed by atoms with E-state index in [1.807, 2.05) is 12.1 Å². The molecule has 0 aliphatic carbocycles. The molecule has 2 N–H and O–H groups in total. The molecule has 0 bridgehead atoms. The van der Waals surface area contributed by atoms with Crippen molar-refractivity contribution in [3.63, 3.8) is 0 Å². The first-order valence-electron chi connectivity index (χ1n) is 9.67. The number of phenolic OH excluding ortho intramolecular Hbond substituents is 1. The number of hydrogen-bond acceptors (Lipinski definition) is 4. The molecule has 6 heteroatoms. The van der Waals surface area contributed by atoms with Crippen molar-refractivity contribution in [2.45, 2.75) is 32.0 Å². The van der Waals surface area contributed by atoms with Crippen molar-refractivity contribution in [2.75, 3.05) is 19.6 Å². The molecule has 2 fully saturated rings. The number of carbonyl (C=O) groups is 2. The van der Waals surface area contributed by atoms with Gasteiger partial charge in [0, 0.05) is 32.6 Å². The van der Waals surface area contributed by atoms with Crippen LogP contribution in [0.5, 0.6) is 5.75 Å². The van der Waals surface area contributed by atoms with Gasteiger partial charge in [-0.1, -0.05) is 36.4 Å². The zero-order chi connectivity index (χ0) is 19.7. The molecule has 28 heavy (non-hydrogen) atoms. The first-order chi connectivity index (χ1) is 13.5. The minimum absolute atomic E-state index is 0.0202. The highest BCUT2D eigenvalue weighted by Gasteiger charge is 2.43. The monoisotopic (exact) mass is 379 g/mol. The molecule has 2 atom stereocenters. The molecular weight excluding hydrogens is 354 g/mol. The lowest BCUT2D eigenvalue weighted by atomic mass is 9.98. The summed E-state index contributed by atoms with van der Waals surface area (Å²) in [5, 5.41) is 12.3.